The number of hydrogen-bond acceptors (Lipinski definition) is 4. The van der Waals surface area contributed by atoms with Crippen LogP contribution in [0.2, 0.25) is 0 Å². The standard InChI is InChI=1S/C18H24N4O3/c23-16(10-9-15-17(24)21-18(25)20-15)22(14-7-2-1-3-8-14)12-13-6-4-5-11-19-13/h4-6,11,14-15H,1-3,7-10,12H2,(H2,20,21,24,25)/t15-/m1/s1. The van der Waals surface area contributed by atoms with Crippen molar-refractivity contribution in [1.82, 2.24) is 20.5 Å². The van der Waals surface area contributed by atoms with Gasteiger partial charge in [-0.15, -0.1) is 0 Å². The minimum absolute atomic E-state index is 0.0199. The van der Waals surface area contributed by atoms with Crippen molar-refractivity contribution < 1.29 is 14.4 Å². The Morgan fingerprint density at radius 2 is 2.00 bits per heavy atom. The lowest BCUT2D eigenvalue weighted by Gasteiger charge is -2.34. The highest BCUT2D eigenvalue weighted by molar-refractivity contribution is 6.04. The first-order valence-electron chi connectivity index (χ1n) is 8.94. The number of imide groups is 1. The van der Waals surface area contributed by atoms with E-state index in [1.54, 1.807) is 6.20 Å². The van der Waals surface area contributed by atoms with Crippen LogP contribution in [-0.2, 0) is 16.1 Å². The second kappa shape index (κ2) is 8.09. The van der Waals surface area contributed by atoms with E-state index in [2.05, 4.69) is 15.6 Å². The highest BCUT2D eigenvalue weighted by Gasteiger charge is 2.31. The zero-order valence-corrected chi connectivity index (χ0v) is 14.2. The molecule has 2 heterocycles. The monoisotopic (exact) mass is 344 g/mol. The first-order valence-corrected chi connectivity index (χ1v) is 8.94. The van der Waals surface area contributed by atoms with E-state index in [1.807, 2.05) is 23.1 Å². The number of nitrogens with zero attached hydrogens (tertiary/aromatic N) is 2. The Labute approximate surface area is 147 Å². The Kier molecular flexibility index (Phi) is 5.63. The van der Waals surface area contributed by atoms with Gasteiger partial charge in [-0.05, 0) is 31.4 Å². The molecule has 3 rings (SSSR count). The zero-order valence-electron chi connectivity index (χ0n) is 14.2. The summed E-state index contributed by atoms with van der Waals surface area (Å²) < 4.78 is 0. The van der Waals surface area contributed by atoms with Crippen molar-refractivity contribution in [2.75, 3.05) is 0 Å². The highest BCUT2D eigenvalue weighted by atomic mass is 16.2. The van der Waals surface area contributed by atoms with Crippen LogP contribution in [0.15, 0.2) is 24.4 Å². The van der Waals surface area contributed by atoms with Gasteiger partial charge in [0.15, 0.2) is 0 Å². The van der Waals surface area contributed by atoms with Crippen LogP contribution in [0.5, 0.6) is 0 Å². The van der Waals surface area contributed by atoms with Crippen molar-refractivity contribution in [3.05, 3.63) is 30.1 Å². The van der Waals surface area contributed by atoms with Gasteiger partial charge < -0.3 is 10.2 Å². The number of pyridine rings is 1. The molecule has 7 nitrogen and oxygen atoms in total. The zero-order chi connectivity index (χ0) is 17.6. The molecule has 2 aliphatic rings. The molecule has 1 saturated heterocycles. The molecule has 25 heavy (non-hydrogen) atoms. The van der Waals surface area contributed by atoms with Crippen LogP contribution in [0.4, 0.5) is 4.79 Å². The Bertz CT molecular complexity index is 628. The Morgan fingerprint density at radius 1 is 1.20 bits per heavy atom. The predicted molar refractivity (Wildman–Crippen MR) is 91.4 cm³/mol. The number of hydrogen-bond donors (Lipinski definition) is 2. The topological polar surface area (TPSA) is 91.4 Å². The second-order valence-corrected chi connectivity index (χ2v) is 6.69. The number of carbonyl (C=O) groups is 3. The van der Waals surface area contributed by atoms with Crippen molar-refractivity contribution in [3.8, 4) is 0 Å². The van der Waals surface area contributed by atoms with Gasteiger partial charge in [-0.2, -0.15) is 0 Å². The third-order valence-corrected chi connectivity index (χ3v) is 4.90. The minimum Gasteiger partial charge on any atom is -0.334 e. The number of urea groups is 1. The maximum atomic E-state index is 12.8. The largest absolute Gasteiger partial charge is 0.334 e. The van der Waals surface area contributed by atoms with Crippen molar-refractivity contribution >= 4 is 17.8 Å². The van der Waals surface area contributed by atoms with Gasteiger partial charge in [-0.1, -0.05) is 25.3 Å². The van der Waals surface area contributed by atoms with E-state index in [1.165, 1.54) is 6.42 Å². The van der Waals surface area contributed by atoms with E-state index in [9.17, 15) is 14.4 Å². The van der Waals surface area contributed by atoms with E-state index in [0.717, 1.165) is 31.4 Å². The number of aromatic nitrogens is 1. The summed E-state index contributed by atoms with van der Waals surface area (Å²) in [5, 5.41) is 4.74. The Morgan fingerprint density at radius 3 is 2.64 bits per heavy atom. The lowest BCUT2D eigenvalue weighted by atomic mass is 9.93. The molecular weight excluding hydrogens is 320 g/mol. The van der Waals surface area contributed by atoms with Gasteiger partial charge >= 0.3 is 6.03 Å². The summed E-state index contributed by atoms with van der Waals surface area (Å²) in [5.74, 6) is -0.335. The minimum atomic E-state index is -0.612. The average Bonchev–Trinajstić information content (AvgIpc) is 2.96. The molecular formula is C18H24N4O3. The summed E-state index contributed by atoms with van der Waals surface area (Å²) in [4.78, 5) is 41.9. The van der Waals surface area contributed by atoms with Crippen LogP contribution >= 0.6 is 0 Å². The molecule has 1 aromatic heterocycles. The van der Waals surface area contributed by atoms with E-state index in [4.69, 9.17) is 0 Å². The summed E-state index contributed by atoms with van der Waals surface area (Å²) >= 11 is 0. The average molecular weight is 344 g/mol. The molecule has 2 fully saturated rings. The van der Waals surface area contributed by atoms with Crippen LogP contribution in [0.3, 0.4) is 0 Å². The van der Waals surface area contributed by atoms with Crippen LogP contribution in [0, 0.1) is 0 Å². The SMILES string of the molecule is O=C1NC(=O)[C@@H](CCC(=O)N(Cc2ccccn2)C2CCCCC2)N1. The molecule has 0 radical (unpaired) electrons. The molecule has 1 atom stereocenters. The van der Waals surface area contributed by atoms with Gasteiger partial charge in [0.2, 0.25) is 5.91 Å². The number of rotatable bonds is 6. The van der Waals surface area contributed by atoms with Gasteiger partial charge in [-0.3, -0.25) is 19.9 Å². The van der Waals surface area contributed by atoms with Crippen LogP contribution < -0.4 is 10.6 Å². The molecule has 4 amide bonds. The van der Waals surface area contributed by atoms with Crippen molar-refractivity contribution in [1.29, 1.82) is 0 Å². The number of amides is 4. The molecule has 2 N–H and O–H groups in total. The fraction of sp³-hybridized carbons (Fsp3) is 0.556. The summed E-state index contributed by atoms with van der Waals surface area (Å²) in [6.07, 6.45) is 7.81. The van der Waals surface area contributed by atoms with Crippen LogP contribution in [0.1, 0.15) is 50.6 Å². The Balaban J connectivity index is 1.64. The molecule has 1 aliphatic carbocycles. The molecule has 0 bridgehead atoms. The second-order valence-electron chi connectivity index (χ2n) is 6.69. The fourth-order valence-electron chi connectivity index (χ4n) is 3.55. The van der Waals surface area contributed by atoms with Crippen molar-refractivity contribution in [2.24, 2.45) is 0 Å². The molecule has 0 unspecified atom stereocenters. The molecule has 0 spiro atoms. The van der Waals surface area contributed by atoms with Gasteiger partial charge in [0, 0.05) is 18.7 Å². The lowest BCUT2D eigenvalue weighted by molar-refractivity contribution is -0.135. The molecule has 134 valence electrons. The van der Waals surface area contributed by atoms with Crippen molar-refractivity contribution in [2.45, 2.75) is 63.6 Å². The van der Waals surface area contributed by atoms with E-state index in [-0.39, 0.29) is 24.3 Å². The summed E-state index contributed by atoms with van der Waals surface area (Å²) in [6, 6.07) is 4.84. The van der Waals surface area contributed by atoms with Crippen molar-refractivity contribution in [3.63, 3.8) is 0 Å². The highest BCUT2D eigenvalue weighted by Crippen LogP contribution is 2.25. The number of nitrogens with one attached hydrogen (secondary N) is 2. The van der Waals surface area contributed by atoms with Crippen LogP contribution in [-0.4, -0.2) is 39.8 Å². The summed E-state index contributed by atoms with van der Waals surface area (Å²) in [6.45, 7) is 0.494. The predicted octanol–water partition coefficient (Wildman–Crippen LogP) is 1.73. The third kappa shape index (κ3) is 4.55. The van der Waals surface area contributed by atoms with Gasteiger partial charge in [0.05, 0.1) is 12.2 Å². The number of carbonyl (C=O) groups excluding carboxylic acids is 3. The first-order chi connectivity index (χ1) is 12.1. The molecule has 1 aromatic rings. The molecule has 0 aromatic carbocycles. The summed E-state index contributed by atoms with van der Waals surface area (Å²) in [5.41, 5.74) is 0.869. The normalized spacial score (nSPS) is 20.9. The van der Waals surface area contributed by atoms with Crippen LogP contribution in [0.25, 0.3) is 0 Å². The maximum Gasteiger partial charge on any atom is 0.322 e. The lowest BCUT2D eigenvalue weighted by Crippen LogP contribution is -2.42. The van der Waals surface area contributed by atoms with Gasteiger partial charge in [0.1, 0.15) is 6.04 Å². The third-order valence-electron chi connectivity index (χ3n) is 4.90. The molecule has 7 heteroatoms. The fourth-order valence-corrected chi connectivity index (χ4v) is 3.55. The maximum absolute atomic E-state index is 12.8. The Hall–Kier alpha value is -2.44. The smallest absolute Gasteiger partial charge is 0.322 e. The van der Waals surface area contributed by atoms with Gasteiger partial charge in [-0.25, -0.2) is 4.79 Å². The van der Waals surface area contributed by atoms with E-state index in [0.29, 0.717) is 13.0 Å². The molecule has 1 aliphatic heterocycles. The molecule has 1 saturated carbocycles. The first kappa shape index (κ1) is 17.4. The quantitative estimate of drug-likeness (QED) is 0.769. The summed E-state index contributed by atoms with van der Waals surface area (Å²) in [7, 11) is 0. The van der Waals surface area contributed by atoms with Gasteiger partial charge in [0.25, 0.3) is 5.91 Å². The van der Waals surface area contributed by atoms with E-state index >= 15 is 0 Å². The van der Waals surface area contributed by atoms with E-state index < -0.39 is 12.1 Å².